The Hall–Kier alpha value is -0.610. The fourth-order valence-electron chi connectivity index (χ4n) is 2.19. The SMILES string of the molecule is CN1CCCC(N(C)C(=O)C(C)(C)CN)C1. The predicted octanol–water partition coefficient (Wildman–Crippen LogP) is 0.524. The van der Waals surface area contributed by atoms with E-state index in [0.29, 0.717) is 12.6 Å². The van der Waals surface area contributed by atoms with Gasteiger partial charge in [-0.25, -0.2) is 0 Å². The van der Waals surface area contributed by atoms with Crippen LogP contribution in [0.15, 0.2) is 0 Å². The van der Waals surface area contributed by atoms with Gasteiger partial charge in [-0.2, -0.15) is 0 Å². The van der Waals surface area contributed by atoms with E-state index < -0.39 is 5.41 Å². The summed E-state index contributed by atoms with van der Waals surface area (Å²) in [7, 11) is 4.02. The van der Waals surface area contributed by atoms with Crippen LogP contribution >= 0.6 is 0 Å². The maximum Gasteiger partial charge on any atom is 0.229 e. The van der Waals surface area contributed by atoms with Crippen molar-refractivity contribution in [2.75, 3.05) is 33.7 Å². The van der Waals surface area contributed by atoms with Crippen LogP contribution in [0.4, 0.5) is 0 Å². The van der Waals surface area contributed by atoms with Gasteiger partial charge in [0, 0.05) is 26.2 Å². The topological polar surface area (TPSA) is 49.6 Å². The van der Waals surface area contributed by atoms with E-state index in [9.17, 15) is 4.79 Å². The van der Waals surface area contributed by atoms with E-state index in [-0.39, 0.29) is 5.91 Å². The summed E-state index contributed by atoms with van der Waals surface area (Å²) >= 11 is 0. The first-order chi connectivity index (χ1) is 7.38. The summed E-state index contributed by atoms with van der Waals surface area (Å²) in [5, 5.41) is 0. The van der Waals surface area contributed by atoms with Gasteiger partial charge >= 0.3 is 0 Å². The van der Waals surface area contributed by atoms with Crippen molar-refractivity contribution in [3.05, 3.63) is 0 Å². The van der Waals surface area contributed by atoms with Crippen molar-refractivity contribution in [1.29, 1.82) is 0 Å². The molecule has 2 N–H and O–H groups in total. The lowest BCUT2D eigenvalue weighted by atomic mass is 9.90. The molecule has 1 aliphatic rings. The Balaban J connectivity index is 2.63. The highest BCUT2D eigenvalue weighted by Crippen LogP contribution is 2.21. The minimum absolute atomic E-state index is 0.162. The molecule has 0 aliphatic carbocycles. The van der Waals surface area contributed by atoms with Gasteiger partial charge in [-0.15, -0.1) is 0 Å². The normalized spacial score (nSPS) is 23.2. The lowest BCUT2D eigenvalue weighted by Crippen LogP contribution is -2.52. The molecule has 1 saturated heterocycles. The van der Waals surface area contributed by atoms with Crippen LogP contribution in [-0.2, 0) is 4.79 Å². The van der Waals surface area contributed by atoms with Crippen molar-refractivity contribution in [3.8, 4) is 0 Å². The summed E-state index contributed by atoms with van der Waals surface area (Å²) in [4.78, 5) is 16.4. The Bertz CT molecular complexity index is 253. The molecule has 0 aromatic carbocycles. The number of likely N-dealkylation sites (N-methyl/N-ethyl adjacent to an activating group) is 2. The van der Waals surface area contributed by atoms with E-state index in [2.05, 4.69) is 11.9 Å². The second kappa shape index (κ2) is 5.15. The molecule has 4 nitrogen and oxygen atoms in total. The van der Waals surface area contributed by atoms with Crippen molar-refractivity contribution in [2.24, 2.45) is 11.1 Å². The van der Waals surface area contributed by atoms with Crippen molar-refractivity contribution in [2.45, 2.75) is 32.7 Å². The summed E-state index contributed by atoms with van der Waals surface area (Å²) in [6, 6.07) is 0.345. The molecule has 94 valence electrons. The van der Waals surface area contributed by atoms with Gasteiger partial charge in [-0.05, 0) is 40.3 Å². The van der Waals surface area contributed by atoms with Crippen molar-refractivity contribution in [3.63, 3.8) is 0 Å². The van der Waals surface area contributed by atoms with Crippen molar-refractivity contribution < 1.29 is 4.79 Å². The Morgan fingerprint density at radius 3 is 2.69 bits per heavy atom. The largest absolute Gasteiger partial charge is 0.341 e. The second-order valence-electron chi connectivity index (χ2n) is 5.56. The van der Waals surface area contributed by atoms with Crippen molar-refractivity contribution in [1.82, 2.24) is 9.80 Å². The molecule has 0 aromatic rings. The third-order valence-electron chi connectivity index (χ3n) is 3.56. The molecule has 1 unspecified atom stereocenters. The summed E-state index contributed by atoms with van der Waals surface area (Å²) in [6.07, 6.45) is 2.27. The highest BCUT2D eigenvalue weighted by molar-refractivity contribution is 5.82. The summed E-state index contributed by atoms with van der Waals surface area (Å²) in [5.41, 5.74) is 5.20. The highest BCUT2D eigenvalue weighted by atomic mass is 16.2. The Morgan fingerprint density at radius 1 is 1.56 bits per heavy atom. The zero-order valence-electron chi connectivity index (χ0n) is 11.0. The average Bonchev–Trinajstić information content (AvgIpc) is 2.27. The van der Waals surface area contributed by atoms with E-state index in [1.165, 1.54) is 6.42 Å². The molecule has 0 radical (unpaired) electrons. The van der Waals surface area contributed by atoms with Crippen LogP contribution in [-0.4, -0.2) is 55.5 Å². The van der Waals surface area contributed by atoms with Crippen LogP contribution in [0.2, 0.25) is 0 Å². The predicted molar refractivity (Wildman–Crippen MR) is 66.1 cm³/mol. The molecule has 1 atom stereocenters. The van der Waals surface area contributed by atoms with Crippen LogP contribution < -0.4 is 5.73 Å². The van der Waals surface area contributed by atoms with Crippen LogP contribution in [0.3, 0.4) is 0 Å². The Morgan fingerprint density at radius 2 is 2.19 bits per heavy atom. The Kier molecular flexibility index (Phi) is 4.33. The van der Waals surface area contributed by atoms with E-state index in [1.807, 2.05) is 25.8 Å². The molecule has 0 saturated carbocycles. The van der Waals surface area contributed by atoms with E-state index in [1.54, 1.807) is 0 Å². The van der Waals surface area contributed by atoms with Gasteiger partial charge in [0.05, 0.1) is 5.41 Å². The molecule has 0 spiro atoms. The van der Waals surface area contributed by atoms with Gasteiger partial charge in [0.25, 0.3) is 0 Å². The first-order valence-corrected chi connectivity index (χ1v) is 6.04. The molecular weight excluding hydrogens is 202 g/mol. The number of nitrogens with zero attached hydrogens (tertiary/aromatic N) is 2. The number of carbonyl (C=O) groups is 1. The third kappa shape index (κ3) is 2.95. The highest BCUT2D eigenvalue weighted by Gasteiger charge is 2.33. The molecule has 0 bridgehead atoms. The van der Waals surface area contributed by atoms with Gasteiger partial charge in [0.2, 0.25) is 5.91 Å². The molecule has 0 aromatic heterocycles. The number of likely N-dealkylation sites (tertiary alicyclic amines) is 1. The first kappa shape index (κ1) is 13.5. The number of rotatable bonds is 3. The minimum Gasteiger partial charge on any atom is -0.341 e. The molecule has 1 fully saturated rings. The molecule has 16 heavy (non-hydrogen) atoms. The van der Waals surface area contributed by atoms with Crippen LogP contribution in [0.5, 0.6) is 0 Å². The summed E-state index contributed by atoms with van der Waals surface area (Å²) in [5.74, 6) is 0.162. The average molecular weight is 227 g/mol. The minimum atomic E-state index is -0.440. The molecule has 4 heteroatoms. The van der Waals surface area contributed by atoms with E-state index >= 15 is 0 Å². The van der Waals surface area contributed by atoms with Gasteiger partial charge < -0.3 is 15.5 Å². The molecular formula is C12H25N3O. The van der Waals surface area contributed by atoms with Crippen LogP contribution in [0.25, 0.3) is 0 Å². The fraction of sp³-hybridized carbons (Fsp3) is 0.917. The molecule has 1 amide bonds. The van der Waals surface area contributed by atoms with Crippen molar-refractivity contribution >= 4 is 5.91 Å². The number of hydrogen-bond donors (Lipinski definition) is 1. The summed E-state index contributed by atoms with van der Waals surface area (Å²) in [6.45, 7) is 6.34. The number of carbonyl (C=O) groups excluding carboxylic acids is 1. The van der Waals surface area contributed by atoms with Crippen LogP contribution in [0.1, 0.15) is 26.7 Å². The van der Waals surface area contributed by atoms with Gasteiger partial charge in [0.1, 0.15) is 0 Å². The number of piperidine rings is 1. The maximum atomic E-state index is 12.2. The van der Waals surface area contributed by atoms with Gasteiger partial charge in [-0.1, -0.05) is 0 Å². The number of hydrogen-bond acceptors (Lipinski definition) is 3. The van der Waals surface area contributed by atoms with Gasteiger partial charge in [0.15, 0.2) is 0 Å². The smallest absolute Gasteiger partial charge is 0.229 e. The van der Waals surface area contributed by atoms with Gasteiger partial charge in [-0.3, -0.25) is 4.79 Å². The monoisotopic (exact) mass is 227 g/mol. The lowest BCUT2D eigenvalue weighted by Gasteiger charge is -2.39. The van der Waals surface area contributed by atoms with Crippen LogP contribution in [0, 0.1) is 5.41 Å². The molecule has 1 rings (SSSR count). The zero-order chi connectivity index (χ0) is 12.3. The first-order valence-electron chi connectivity index (χ1n) is 6.04. The summed E-state index contributed by atoms with van der Waals surface area (Å²) < 4.78 is 0. The van der Waals surface area contributed by atoms with E-state index in [4.69, 9.17) is 5.73 Å². The second-order valence-corrected chi connectivity index (χ2v) is 5.56. The standard InChI is InChI=1S/C12H25N3O/c1-12(2,9-13)11(16)15(4)10-6-5-7-14(3)8-10/h10H,5-9,13H2,1-4H3. The zero-order valence-corrected chi connectivity index (χ0v) is 11.0. The number of nitrogens with two attached hydrogens (primary N) is 1. The Labute approximate surface area is 98.8 Å². The van der Waals surface area contributed by atoms with E-state index in [0.717, 1.165) is 19.5 Å². The number of amides is 1. The quantitative estimate of drug-likeness (QED) is 0.765. The lowest BCUT2D eigenvalue weighted by molar-refractivity contribution is -0.141. The third-order valence-corrected chi connectivity index (χ3v) is 3.56. The maximum absolute atomic E-state index is 12.2. The molecule has 1 heterocycles. The molecule has 1 aliphatic heterocycles. The fourth-order valence-corrected chi connectivity index (χ4v) is 2.19.